The van der Waals surface area contributed by atoms with Crippen LogP contribution in [0.4, 0.5) is 5.69 Å². The van der Waals surface area contributed by atoms with Crippen molar-refractivity contribution >= 4 is 32.4 Å². The number of nitrogens with zero attached hydrogens (tertiary/aromatic N) is 2. The number of anilines is 1. The van der Waals surface area contributed by atoms with E-state index in [1.165, 1.54) is 9.87 Å². The number of carbonyl (C=O) groups excluding carboxylic acids is 1. The molecule has 0 spiro atoms. The predicted octanol–water partition coefficient (Wildman–Crippen LogP) is 4.09. The van der Waals surface area contributed by atoms with Gasteiger partial charge in [-0.1, -0.05) is 66.7 Å². The van der Waals surface area contributed by atoms with Crippen LogP contribution in [-0.2, 0) is 21.2 Å². The molecule has 1 amide bonds. The van der Waals surface area contributed by atoms with Gasteiger partial charge in [0.25, 0.3) is 0 Å². The highest BCUT2D eigenvalue weighted by atomic mass is 32.2. The van der Waals surface area contributed by atoms with Gasteiger partial charge in [-0.15, -0.1) is 0 Å². The average Bonchev–Trinajstić information content (AvgIpc) is 2.77. The van der Waals surface area contributed by atoms with E-state index in [2.05, 4.69) is 24.3 Å². The van der Waals surface area contributed by atoms with Crippen molar-refractivity contribution in [1.29, 1.82) is 0 Å². The maximum Gasteiger partial charge on any atom is 0.243 e. The van der Waals surface area contributed by atoms with Crippen molar-refractivity contribution in [2.75, 3.05) is 30.2 Å². The highest BCUT2D eigenvalue weighted by Gasteiger charge is 2.28. The van der Waals surface area contributed by atoms with Gasteiger partial charge in [0.15, 0.2) is 0 Å². The van der Waals surface area contributed by atoms with E-state index in [1.807, 2.05) is 47.4 Å². The molecule has 0 radical (unpaired) electrons. The Hall–Kier alpha value is -2.86. The number of fused-ring (bicyclic) bond motifs is 1. The lowest BCUT2D eigenvalue weighted by atomic mass is 9.90. The van der Waals surface area contributed by atoms with Crippen LogP contribution in [0.3, 0.4) is 0 Å². The van der Waals surface area contributed by atoms with Crippen LogP contribution in [0.15, 0.2) is 72.8 Å². The Balaban J connectivity index is 1.46. The van der Waals surface area contributed by atoms with E-state index in [0.717, 1.165) is 36.3 Å². The molecule has 6 heteroatoms. The number of hydrogen-bond donors (Lipinski definition) is 0. The molecule has 0 unspecified atom stereocenters. The first kappa shape index (κ1) is 21.4. The van der Waals surface area contributed by atoms with Crippen molar-refractivity contribution in [3.05, 3.63) is 78.4 Å². The first-order valence-electron chi connectivity index (χ1n) is 10.7. The maximum absolute atomic E-state index is 13.0. The molecular weight excluding hydrogens is 408 g/mol. The van der Waals surface area contributed by atoms with Crippen LogP contribution in [0.1, 0.15) is 18.4 Å². The molecule has 0 bridgehead atoms. The number of hydrogen-bond acceptors (Lipinski definition) is 3. The van der Waals surface area contributed by atoms with Gasteiger partial charge in [-0.25, -0.2) is 8.42 Å². The van der Waals surface area contributed by atoms with Crippen molar-refractivity contribution in [3.8, 4) is 0 Å². The minimum Gasteiger partial charge on any atom is -0.341 e. The molecule has 0 aliphatic carbocycles. The van der Waals surface area contributed by atoms with Crippen molar-refractivity contribution in [2.24, 2.45) is 5.92 Å². The van der Waals surface area contributed by atoms with Crippen LogP contribution < -0.4 is 4.31 Å². The summed E-state index contributed by atoms with van der Waals surface area (Å²) < 4.78 is 26.5. The molecule has 5 nitrogen and oxygen atoms in total. The second-order valence-electron chi connectivity index (χ2n) is 8.28. The van der Waals surface area contributed by atoms with Crippen LogP contribution in [-0.4, -0.2) is 45.1 Å². The zero-order valence-corrected chi connectivity index (χ0v) is 18.6. The first-order chi connectivity index (χ1) is 14.9. The largest absolute Gasteiger partial charge is 0.341 e. The van der Waals surface area contributed by atoms with Crippen molar-refractivity contribution in [1.82, 2.24) is 4.90 Å². The Morgan fingerprint density at radius 3 is 2.29 bits per heavy atom. The lowest BCUT2D eigenvalue weighted by molar-refractivity contribution is -0.130. The molecule has 31 heavy (non-hydrogen) atoms. The summed E-state index contributed by atoms with van der Waals surface area (Å²) >= 11 is 0. The van der Waals surface area contributed by atoms with Crippen LogP contribution in [0.5, 0.6) is 0 Å². The molecule has 1 aliphatic heterocycles. The summed E-state index contributed by atoms with van der Waals surface area (Å²) in [7, 11) is -3.61. The third-order valence-corrected chi connectivity index (χ3v) is 7.18. The number of rotatable bonds is 6. The van der Waals surface area contributed by atoms with Crippen molar-refractivity contribution in [3.63, 3.8) is 0 Å². The van der Waals surface area contributed by atoms with Gasteiger partial charge in [0.05, 0.1) is 11.9 Å². The fourth-order valence-corrected chi connectivity index (χ4v) is 5.23. The summed E-state index contributed by atoms with van der Waals surface area (Å²) in [4.78, 5) is 14.9. The normalized spacial score (nSPS) is 15.2. The molecule has 1 heterocycles. The highest BCUT2D eigenvalue weighted by Crippen LogP contribution is 2.29. The second-order valence-corrected chi connectivity index (χ2v) is 10.2. The maximum atomic E-state index is 13.0. The Labute approximate surface area is 184 Å². The van der Waals surface area contributed by atoms with Gasteiger partial charge in [0.2, 0.25) is 15.9 Å². The van der Waals surface area contributed by atoms with Gasteiger partial charge in [-0.05, 0) is 42.2 Å². The molecule has 1 saturated heterocycles. The van der Waals surface area contributed by atoms with Crippen LogP contribution in [0.25, 0.3) is 10.8 Å². The van der Waals surface area contributed by atoms with Crippen LogP contribution >= 0.6 is 0 Å². The minimum absolute atomic E-state index is 0.142. The Kier molecular flexibility index (Phi) is 6.28. The van der Waals surface area contributed by atoms with Gasteiger partial charge in [0, 0.05) is 18.5 Å². The molecular formula is C25H28N2O3S. The zero-order chi connectivity index (χ0) is 21.8. The van der Waals surface area contributed by atoms with Crippen molar-refractivity contribution in [2.45, 2.75) is 19.3 Å². The number of carbonyl (C=O) groups is 1. The molecule has 4 rings (SSSR count). The molecule has 3 aromatic carbocycles. The Morgan fingerprint density at radius 2 is 1.58 bits per heavy atom. The molecule has 162 valence electrons. The summed E-state index contributed by atoms with van der Waals surface area (Å²) in [6.07, 6.45) is 4.06. The lowest BCUT2D eigenvalue weighted by Gasteiger charge is -2.34. The van der Waals surface area contributed by atoms with Crippen LogP contribution in [0, 0.1) is 5.92 Å². The van der Waals surface area contributed by atoms with Crippen LogP contribution in [0.2, 0.25) is 0 Å². The predicted molar refractivity (Wildman–Crippen MR) is 126 cm³/mol. The molecule has 1 aliphatic rings. The van der Waals surface area contributed by atoms with E-state index in [4.69, 9.17) is 0 Å². The summed E-state index contributed by atoms with van der Waals surface area (Å²) in [5.74, 6) is 0.409. The second kappa shape index (κ2) is 9.10. The number of likely N-dealkylation sites (tertiary alicyclic amines) is 1. The van der Waals surface area contributed by atoms with E-state index in [0.29, 0.717) is 24.7 Å². The molecule has 1 fully saturated rings. The zero-order valence-electron chi connectivity index (χ0n) is 17.8. The standard InChI is InChI=1S/C25H28N2O3S/c1-31(29,30)27(24-13-7-11-22-10-5-6-12-23(22)24)19-25(28)26-16-14-21(15-17-26)18-20-8-3-2-4-9-20/h2-13,21H,14-19H2,1H3. The van der Waals surface area contributed by atoms with E-state index in [-0.39, 0.29) is 12.5 Å². The minimum atomic E-state index is -3.61. The molecule has 3 aromatic rings. The Bertz CT molecular complexity index is 1150. The smallest absolute Gasteiger partial charge is 0.243 e. The monoisotopic (exact) mass is 436 g/mol. The summed E-state index contributed by atoms with van der Waals surface area (Å²) in [6.45, 7) is 1.17. The molecule has 0 atom stereocenters. The van der Waals surface area contributed by atoms with Gasteiger partial charge in [0.1, 0.15) is 6.54 Å². The van der Waals surface area contributed by atoms with E-state index < -0.39 is 10.0 Å². The Morgan fingerprint density at radius 1 is 0.935 bits per heavy atom. The molecule has 0 saturated carbocycles. The third kappa shape index (κ3) is 5.07. The SMILES string of the molecule is CS(=O)(=O)N(CC(=O)N1CCC(Cc2ccccc2)CC1)c1cccc2ccccc12. The third-order valence-electron chi connectivity index (χ3n) is 6.05. The fraction of sp³-hybridized carbons (Fsp3) is 0.320. The topological polar surface area (TPSA) is 57.7 Å². The lowest BCUT2D eigenvalue weighted by Crippen LogP contribution is -2.46. The van der Waals surface area contributed by atoms with E-state index in [9.17, 15) is 13.2 Å². The fourth-order valence-electron chi connectivity index (χ4n) is 4.36. The first-order valence-corrected chi connectivity index (χ1v) is 12.5. The number of piperidine rings is 1. The number of sulfonamides is 1. The van der Waals surface area contributed by atoms with Gasteiger partial charge >= 0.3 is 0 Å². The molecule has 0 N–H and O–H groups in total. The molecule has 0 aromatic heterocycles. The van der Waals surface area contributed by atoms with E-state index in [1.54, 1.807) is 6.07 Å². The van der Waals surface area contributed by atoms with Gasteiger partial charge < -0.3 is 4.90 Å². The van der Waals surface area contributed by atoms with E-state index >= 15 is 0 Å². The average molecular weight is 437 g/mol. The number of benzene rings is 3. The van der Waals surface area contributed by atoms with Crippen molar-refractivity contribution < 1.29 is 13.2 Å². The quantitative estimate of drug-likeness (QED) is 0.585. The summed E-state index contributed by atoms with van der Waals surface area (Å²) in [6, 6.07) is 23.6. The summed E-state index contributed by atoms with van der Waals surface area (Å²) in [5, 5.41) is 1.77. The number of amides is 1. The van der Waals surface area contributed by atoms with Gasteiger partial charge in [-0.3, -0.25) is 9.10 Å². The summed E-state index contributed by atoms with van der Waals surface area (Å²) in [5.41, 5.74) is 1.87. The highest BCUT2D eigenvalue weighted by molar-refractivity contribution is 7.92. The van der Waals surface area contributed by atoms with Gasteiger partial charge in [-0.2, -0.15) is 0 Å².